The third-order valence-corrected chi connectivity index (χ3v) is 6.91. The summed E-state index contributed by atoms with van der Waals surface area (Å²) in [7, 11) is 2.94. The van der Waals surface area contributed by atoms with Crippen LogP contribution >= 0.6 is 11.3 Å². The lowest BCUT2D eigenvalue weighted by Crippen LogP contribution is -2.23. The number of rotatable bonds is 6. The predicted molar refractivity (Wildman–Crippen MR) is 143 cm³/mol. The van der Waals surface area contributed by atoms with Crippen LogP contribution in [-0.2, 0) is 4.79 Å². The molecule has 1 N–H and O–H groups in total. The van der Waals surface area contributed by atoms with E-state index in [1.54, 1.807) is 25.4 Å². The summed E-state index contributed by atoms with van der Waals surface area (Å²) in [5.74, 6) is 5.96. The van der Waals surface area contributed by atoms with E-state index in [0.717, 1.165) is 24.2 Å². The van der Waals surface area contributed by atoms with Gasteiger partial charge < -0.3 is 9.64 Å². The van der Waals surface area contributed by atoms with Crippen molar-refractivity contribution < 1.29 is 23.1 Å². The minimum Gasteiger partial charge on any atom is -0.494 e. The fraction of sp³-hybridized carbons (Fsp3) is 0.259. The number of pyridine rings is 1. The third-order valence-electron chi connectivity index (χ3n) is 6.06. The first-order valence-corrected chi connectivity index (χ1v) is 12.7. The number of nitrogens with zero attached hydrogens (tertiary/aromatic N) is 5. The molecule has 0 spiro atoms. The molecule has 0 atom stereocenters. The number of anilines is 2. The van der Waals surface area contributed by atoms with Gasteiger partial charge in [-0.2, -0.15) is 4.98 Å². The highest BCUT2D eigenvalue weighted by atomic mass is 32.1. The van der Waals surface area contributed by atoms with Crippen LogP contribution in [-0.4, -0.2) is 45.9 Å². The zero-order valence-electron chi connectivity index (χ0n) is 21.2. The summed E-state index contributed by atoms with van der Waals surface area (Å²) in [6.45, 7) is 1.39. The number of hydrogen-bond acceptors (Lipinski definition) is 8. The van der Waals surface area contributed by atoms with Gasteiger partial charge >= 0.3 is 0 Å². The van der Waals surface area contributed by atoms with Crippen molar-refractivity contribution in [1.29, 1.82) is 0 Å². The van der Waals surface area contributed by atoms with Gasteiger partial charge in [0.25, 0.3) is 12.3 Å². The van der Waals surface area contributed by atoms with Gasteiger partial charge in [-0.05, 0) is 43.0 Å². The normalized spacial score (nSPS) is 12.7. The Labute approximate surface area is 226 Å². The quantitative estimate of drug-likeness (QED) is 0.334. The first kappa shape index (κ1) is 26.1. The first-order valence-electron chi connectivity index (χ1n) is 11.9. The maximum atomic E-state index is 13.5. The summed E-state index contributed by atoms with van der Waals surface area (Å²) in [6, 6.07) is 5.84. The average molecular weight is 549 g/mol. The van der Waals surface area contributed by atoms with E-state index < -0.39 is 18.0 Å². The van der Waals surface area contributed by atoms with Crippen LogP contribution in [0.1, 0.15) is 47.9 Å². The Bertz CT molecular complexity index is 1660. The molecule has 1 aromatic carbocycles. The zero-order valence-corrected chi connectivity index (χ0v) is 22.0. The molecule has 1 aliphatic carbocycles. The molecule has 198 valence electrons. The van der Waals surface area contributed by atoms with Gasteiger partial charge in [0.2, 0.25) is 5.91 Å². The fourth-order valence-electron chi connectivity index (χ4n) is 3.70. The van der Waals surface area contributed by atoms with Gasteiger partial charge in [0.05, 0.1) is 19.5 Å². The van der Waals surface area contributed by atoms with Crippen molar-refractivity contribution in [2.45, 2.75) is 26.2 Å². The van der Waals surface area contributed by atoms with E-state index in [1.165, 1.54) is 37.3 Å². The molecule has 1 saturated carbocycles. The smallest absolute Gasteiger partial charge is 0.280 e. The van der Waals surface area contributed by atoms with Crippen LogP contribution in [0.3, 0.4) is 0 Å². The van der Waals surface area contributed by atoms with Crippen LogP contribution in [0.2, 0.25) is 0 Å². The van der Waals surface area contributed by atoms with Crippen LogP contribution in [0.15, 0.2) is 36.7 Å². The number of benzene rings is 1. The predicted octanol–water partition coefficient (Wildman–Crippen LogP) is 5.09. The minimum atomic E-state index is -2.84. The molecule has 1 aliphatic rings. The molecule has 9 nitrogen and oxygen atoms in total. The molecule has 0 bridgehead atoms. The second kappa shape index (κ2) is 10.7. The highest BCUT2D eigenvalue weighted by Gasteiger charge is 2.22. The summed E-state index contributed by atoms with van der Waals surface area (Å²) in [4.78, 5) is 44.2. The largest absolute Gasteiger partial charge is 0.494 e. The fourth-order valence-corrected chi connectivity index (χ4v) is 4.49. The van der Waals surface area contributed by atoms with E-state index in [9.17, 15) is 18.4 Å². The number of amides is 2. The minimum absolute atomic E-state index is 0.150. The number of alkyl halides is 2. The van der Waals surface area contributed by atoms with Gasteiger partial charge in [0, 0.05) is 42.3 Å². The monoisotopic (exact) mass is 548 g/mol. The van der Waals surface area contributed by atoms with Crippen LogP contribution < -0.4 is 15.0 Å². The van der Waals surface area contributed by atoms with Crippen molar-refractivity contribution in [2.24, 2.45) is 5.92 Å². The molecule has 4 aromatic rings. The van der Waals surface area contributed by atoms with E-state index in [1.807, 2.05) is 0 Å². The Morgan fingerprint density at radius 2 is 1.95 bits per heavy atom. The number of methoxy groups -OCH3 is 1. The van der Waals surface area contributed by atoms with Gasteiger partial charge in [0.1, 0.15) is 17.1 Å². The second-order valence-corrected chi connectivity index (χ2v) is 9.80. The molecule has 5 rings (SSSR count). The molecule has 0 unspecified atom stereocenters. The van der Waals surface area contributed by atoms with Crippen molar-refractivity contribution in [2.75, 3.05) is 24.4 Å². The first-order chi connectivity index (χ1) is 18.7. The number of halogens is 2. The SMILES string of the molecule is COc1cnc(C(F)F)cc1-c1cc(N(C)C(C)=O)ccc1C(=O)Nc1nc2ncc(C#CC3CC3)nc2s1. The van der Waals surface area contributed by atoms with Crippen molar-refractivity contribution in [1.82, 2.24) is 19.9 Å². The standard InChI is InChI=1S/C27H22F2N6O3S/c1-14(36)35(2)17-8-9-18(19(10-17)20-11-21(23(28)29)30-13-22(20)38-3)25(37)34-27-33-24-26(39-27)32-16(12-31-24)7-6-15-4-5-15/h8-13,15,23H,4-5H2,1-3H3,(H,31,33,34,37). The Kier molecular flexibility index (Phi) is 7.17. The summed E-state index contributed by atoms with van der Waals surface area (Å²) in [6.07, 6.45) is 2.08. The Morgan fingerprint density at radius 3 is 2.64 bits per heavy atom. The van der Waals surface area contributed by atoms with Crippen LogP contribution in [0, 0.1) is 17.8 Å². The van der Waals surface area contributed by atoms with E-state index in [2.05, 4.69) is 37.1 Å². The Hall–Kier alpha value is -4.50. The van der Waals surface area contributed by atoms with Gasteiger partial charge in [0.15, 0.2) is 15.6 Å². The van der Waals surface area contributed by atoms with Crippen LogP contribution in [0.25, 0.3) is 21.6 Å². The van der Waals surface area contributed by atoms with Crippen LogP contribution in [0.4, 0.5) is 19.6 Å². The number of thiazole rings is 1. The molecule has 3 heterocycles. The summed E-state index contributed by atoms with van der Waals surface area (Å²) in [5.41, 5.74) is 1.52. The number of aromatic nitrogens is 4. The Balaban J connectivity index is 1.53. The number of nitrogens with one attached hydrogen (secondary N) is 1. The molecular formula is C27H22F2N6O3S. The molecule has 2 amide bonds. The van der Waals surface area contributed by atoms with E-state index in [-0.39, 0.29) is 33.5 Å². The van der Waals surface area contributed by atoms with Gasteiger partial charge in [-0.1, -0.05) is 17.3 Å². The number of carbonyl (C=O) groups is 2. The number of ether oxygens (including phenoxy) is 1. The average Bonchev–Trinajstić information content (AvgIpc) is 3.68. The van der Waals surface area contributed by atoms with Crippen LogP contribution in [0.5, 0.6) is 5.75 Å². The summed E-state index contributed by atoms with van der Waals surface area (Å²) >= 11 is 1.14. The molecule has 0 saturated heterocycles. The summed E-state index contributed by atoms with van der Waals surface area (Å²) in [5, 5.41) is 3.01. The van der Waals surface area contributed by atoms with E-state index in [4.69, 9.17) is 4.74 Å². The number of fused-ring (bicyclic) bond motifs is 1. The molecule has 1 fully saturated rings. The highest BCUT2D eigenvalue weighted by Crippen LogP contribution is 2.37. The molecule has 0 radical (unpaired) electrons. The van der Waals surface area contributed by atoms with E-state index in [0.29, 0.717) is 27.8 Å². The maximum Gasteiger partial charge on any atom is 0.280 e. The number of hydrogen-bond donors (Lipinski definition) is 1. The van der Waals surface area contributed by atoms with Crippen molar-refractivity contribution in [3.63, 3.8) is 0 Å². The third kappa shape index (κ3) is 5.68. The lowest BCUT2D eigenvalue weighted by Gasteiger charge is -2.19. The van der Waals surface area contributed by atoms with Gasteiger partial charge in [-0.15, -0.1) is 0 Å². The molecule has 0 aliphatic heterocycles. The van der Waals surface area contributed by atoms with Crippen molar-refractivity contribution in [3.05, 3.63) is 53.6 Å². The lowest BCUT2D eigenvalue weighted by molar-refractivity contribution is -0.116. The highest BCUT2D eigenvalue weighted by molar-refractivity contribution is 7.21. The second-order valence-electron chi connectivity index (χ2n) is 8.82. The topological polar surface area (TPSA) is 110 Å². The maximum absolute atomic E-state index is 13.5. The van der Waals surface area contributed by atoms with Gasteiger partial charge in [-0.25, -0.2) is 18.7 Å². The zero-order chi connectivity index (χ0) is 27.7. The van der Waals surface area contributed by atoms with E-state index >= 15 is 0 Å². The molecular weight excluding hydrogens is 526 g/mol. The summed E-state index contributed by atoms with van der Waals surface area (Å²) < 4.78 is 32.4. The number of carbonyl (C=O) groups excluding carboxylic acids is 2. The van der Waals surface area contributed by atoms with Crippen molar-refractivity contribution >= 4 is 44.4 Å². The van der Waals surface area contributed by atoms with Crippen molar-refractivity contribution in [3.8, 4) is 28.7 Å². The van der Waals surface area contributed by atoms with Gasteiger partial charge in [-0.3, -0.25) is 19.9 Å². The molecule has 12 heteroatoms. The lowest BCUT2D eigenvalue weighted by atomic mass is 9.97. The molecule has 39 heavy (non-hydrogen) atoms. The molecule has 3 aromatic heterocycles. The Morgan fingerprint density at radius 1 is 1.15 bits per heavy atom.